The van der Waals surface area contributed by atoms with Gasteiger partial charge in [-0.1, -0.05) is 42.0 Å². The number of carbonyl (C=O) groups excluding carboxylic acids is 1. The number of thioether (sulfide) groups is 1. The molecular weight excluding hydrogens is 468 g/mol. The monoisotopic (exact) mass is 498 g/mol. The fourth-order valence-electron chi connectivity index (χ4n) is 3.47. The molecule has 8 heteroatoms. The van der Waals surface area contributed by atoms with Gasteiger partial charge >= 0.3 is 0 Å². The molecule has 180 valence electrons. The average Bonchev–Trinajstić information content (AvgIpc) is 2.83. The zero-order chi connectivity index (χ0) is 24.7. The molecule has 0 saturated carbocycles. The van der Waals surface area contributed by atoms with Crippen LogP contribution in [0.3, 0.4) is 0 Å². The minimum absolute atomic E-state index is 0.107. The van der Waals surface area contributed by atoms with Gasteiger partial charge in [-0.25, -0.2) is 8.42 Å². The number of carbonyl (C=O) groups is 1. The first-order valence-electron chi connectivity index (χ1n) is 11.0. The van der Waals surface area contributed by atoms with Crippen molar-refractivity contribution in [1.82, 2.24) is 5.32 Å². The molecule has 1 N–H and O–H groups in total. The van der Waals surface area contributed by atoms with E-state index in [1.165, 1.54) is 11.8 Å². The standard InChI is InChI=1S/C26H30N2O4S2/c1-5-32-25-9-7-6-8-24(25)28(34(30,31)23-16-14-22(33-4)15-17-23)18-26(29)27-20(3)21-12-10-19(2)11-13-21/h6-17,20H,5,18H2,1-4H3,(H,27,29)/t20-/m1/s1. The number of aryl methyl sites for hydroxylation is 1. The summed E-state index contributed by atoms with van der Waals surface area (Å²) in [5, 5.41) is 2.92. The Bertz CT molecular complexity index is 1210. The van der Waals surface area contributed by atoms with E-state index in [0.29, 0.717) is 18.0 Å². The number of ether oxygens (including phenoxy) is 1. The number of hydrogen-bond acceptors (Lipinski definition) is 5. The highest BCUT2D eigenvalue weighted by atomic mass is 32.2. The molecule has 1 amide bonds. The molecule has 0 aliphatic heterocycles. The van der Waals surface area contributed by atoms with Gasteiger partial charge in [-0.15, -0.1) is 11.8 Å². The number of para-hydroxylation sites is 2. The van der Waals surface area contributed by atoms with Crippen molar-refractivity contribution in [3.8, 4) is 5.75 Å². The lowest BCUT2D eigenvalue weighted by Crippen LogP contribution is -2.41. The molecule has 0 unspecified atom stereocenters. The Morgan fingerprint density at radius 1 is 1.03 bits per heavy atom. The minimum Gasteiger partial charge on any atom is -0.492 e. The van der Waals surface area contributed by atoms with Crippen LogP contribution in [0.25, 0.3) is 0 Å². The maximum atomic E-state index is 13.7. The van der Waals surface area contributed by atoms with E-state index in [2.05, 4.69) is 5.32 Å². The summed E-state index contributed by atoms with van der Waals surface area (Å²) in [6.45, 7) is 5.68. The van der Waals surface area contributed by atoms with Gasteiger partial charge in [0.1, 0.15) is 12.3 Å². The maximum Gasteiger partial charge on any atom is 0.264 e. The highest BCUT2D eigenvalue weighted by Gasteiger charge is 2.30. The number of nitrogens with zero attached hydrogens (tertiary/aromatic N) is 1. The average molecular weight is 499 g/mol. The van der Waals surface area contributed by atoms with E-state index in [1.54, 1.807) is 48.5 Å². The van der Waals surface area contributed by atoms with Crippen LogP contribution in [-0.4, -0.2) is 33.7 Å². The van der Waals surface area contributed by atoms with Crippen LogP contribution in [0, 0.1) is 6.92 Å². The molecule has 0 aliphatic rings. The summed E-state index contributed by atoms with van der Waals surface area (Å²) in [5.74, 6) is -0.0163. The van der Waals surface area contributed by atoms with E-state index in [9.17, 15) is 13.2 Å². The largest absolute Gasteiger partial charge is 0.492 e. The third-order valence-electron chi connectivity index (χ3n) is 5.32. The van der Waals surface area contributed by atoms with Crippen LogP contribution in [0.5, 0.6) is 5.75 Å². The van der Waals surface area contributed by atoms with Crippen LogP contribution in [0.2, 0.25) is 0 Å². The fourth-order valence-corrected chi connectivity index (χ4v) is 5.31. The maximum absolute atomic E-state index is 13.7. The van der Waals surface area contributed by atoms with Gasteiger partial charge < -0.3 is 10.1 Å². The third kappa shape index (κ3) is 6.12. The first kappa shape index (κ1) is 25.6. The molecule has 0 saturated heterocycles. The molecule has 34 heavy (non-hydrogen) atoms. The van der Waals surface area contributed by atoms with Crippen molar-refractivity contribution < 1.29 is 17.9 Å². The summed E-state index contributed by atoms with van der Waals surface area (Å²) in [6.07, 6.45) is 1.92. The van der Waals surface area contributed by atoms with Gasteiger partial charge in [0.15, 0.2) is 0 Å². The van der Waals surface area contributed by atoms with E-state index in [-0.39, 0.29) is 17.5 Å². The van der Waals surface area contributed by atoms with Gasteiger partial charge in [-0.3, -0.25) is 9.10 Å². The van der Waals surface area contributed by atoms with Crippen LogP contribution in [0.4, 0.5) is 5.69 Å². The number of nitrogens with one attached hydrogen (secondary N) is 1. The first-order valence-corrected chi connectivity index (χ1v) is 13.7. The van der Waals surface area contributed by atoms with Gasteiger partial charge in [0.05, 0.1) is 23.2 Å². The molecular formula is C26H30N2O4S2. The van der Waals surface area contributed by atoms with E-state index in [0.717, 1.165) is 20.3 Å². The van der Waals surface area contributed by atoms with Crippen molar-refractivity contribution in [2.24, 2.45) is 0 Å². The van der Waals surface area contributed by atoms with E-state index in [1.807, 2.05) is 51.3 Å². The predicted octanol–water partition coefficient (Wildman–Crippen LogP) is 5.19. The Hall–Kier alpha value is -2.97. The minimum atomic E-state index is -4.04. The molecule has 0 aromatic heterocycles. The lowest BCUT2D eigenvalue weighted by atomic mass is 10.1. The number of anilines is 1. The third-order valence-corrected chi connectivity index (χ3v) is 7.84. The van der Waals surface area contributed by atoms with Gasteiger partial charge in [0.25, 0.3) is 10.0 Å². The number of rotatable bonds is 10. The first-order chi connectivity index (χ1) is 16.3. The Labute approximate surface area is 206 Å². The lowest BCUT2D eigenvalue weighted by molar-refractivity contribution is -0.120. The smallest absolute Gasteiger partial charge is 0.264 e. The summed E-state index contributed by atoms with van der Waals surface area (Å²) in [7, 11) is -4.04. The molecule has 3 rings (SSSR count). The summed E-state index contributed by atoms with van der Waals surface area (Å²) >= 11 is 1.53. The van der Waals surface area contributed by atoms with Gasteiger partial charge in [0, 0.05) is 4.90 Å². The highest BCUT2D eigenvalue weighted by Crippen LogP contribution is 2.33. The molecule has 0 spiro atoms. The normalized spacial score (nSPS) is 12.1. The van der Waals surface area contributed by atoms with E-state index < -0.39 is 15.9 Å². The number of amides is 1. The molecule has 3 aromatic carbocycles. The summed E-state index contributed by atoms with van der Waals surface area (Å²) in [6, 6.07) is 21.1. The van der Waals surface area contributed by atoms with Crippen LogP contribution in [0.15, 0.2) is 82.6 Å². The van der Waals surface area contributed by atoms with Crippen LogP contribution in [0.1, 0.15) is 31.0 Å². The predicted molar refractivity (Wildman–Crippen MR) is 138 cm³/mol. The Kier molecular flexibility index (Phi) is 8.63. The summed E-state index contributed by atoms with van der Waals surface area (Å²) in [4.78, 5) is 14.1. The van der Waals surface area contributed by atoms with E-state index >= 15 is 0 Å². The topological polar surface area (TPSA) is 75.7 Å². The van der Waals surface area contributed by atoms with Gasteiger partial charge in [-0.05, 0) is 69.0 Å². The van der Waals surface area contributed by atoms with Crippen molar-refractivity contribution in [1.29, 1.82) is 0 Å². The van der Waals surface area contributed by atoms with Crippen molar-refractivity contribution in [3.05, 3.63) is 83.9 Å². The zero-order valence-corrected chi connectivity index (χ0v) is 21.4. The Morgan fingerprint density at radius 2 is 1.68 bits per heavy atom. The van der Waals surface area contributed by atoms with Gasteiger partial charge in [0.2, 0.25) is 5.91 Å². The molecule has 3 aromatic rings. The second-order valence-electron chi connectivity index (χ2n) is 7.79. The van der Waals surface area contributed by atoms with Crippen molar-refractivity contribution in [2.75, 3.05) is 23.7 Å². The highest BCUT2D eigenvalue weighted by molar-refractivity contribution is 7.98. The van der Waals surface area contributed by atoms with Crippen molar-refractivity contribution >= 4 is 33.4 Å². The number of sulfonamides is 1. The Morgan fingerprint density at radius 3 is 2.29 bits per heavy atom. The van der Waals surface area contributed by atoms with Crippen LogP contribution in [-0.2, 0) is 14.8 Å². The van der Waals surface area contributed by atoms with Crippen LogP contribution < -0.4 is 14.4 Å². The number of hydrogen-bond donors (Lipinski definition) is 1. The number of benzene rings is 3. The van der Waals surface area contributed by atoms with Gasteiger partial charge in [-0.2, -0.15) is 0 Å². The Balaban J connectivity index is 1.94. The summed E-state index contributed by atoms with van der Waals surface area (Å²) < 4.78 is 34.2. The SMILES string of the molecule is CCOc1ccccc1N(CC(=O)N[C@H](C)c1ccc(C)cc1)S(=O)(=O)c1ccc(SC)cc1. The molecule has 6 nitrogen and oxygen atoms in total. The molecule has 0 radical (unpaired) electrons. The second kappa shape index (κ2) is 11.4. The summed E-state index contributed by atoms with van der Waals surface area (Å²) in [5.41, 5.74) is 2.38. The fraction of sp³-hybridized carbons (Fsp3) is 0.269. The molecule has 0 fully saturated rings. The zero-order valence-electron chi connectivity index (χ0n) is 19.8. The molecule has 1 atom stereocenters. The second-order valence-corrected chi connectivity index (χ2v) is 10.5. The van der Waals surface area contributed by atoms with E-state index in [4.69, 9.17) is 4.74 Å². The van der Waals surface area contributed by atoms with Crippen LogP contribution >= 0.6 is 11.8 Å². The van der Waals surface area contributed by atoms with Crippen molar-refractivity contribution in [2.45, 2.75) is 36.6 Å². The van der Waals surface area contributed by atoms with Crippen molar-refractivity contribution in [3.63, 3.8) is 0 Å². The molecule has 0 aliphatic carbocycles. The quantitative estimate of drug-likeness (QED) is 0.390. The lowest BCUT2D eigenvalue weighted by Gasteiger charge is -2.26. The molecule has 0 bridgehead atoms. The molecule has 0 heterocycles.